The Morgan fingerprint density at radius 3 is 2.56 bits per heavy atom. The minimum atomic E-state index is -1.30. The number of rotatable bonds is 8. The van der Waals surface area contributed by atoms with E-state index in [-0.39, 0.29) is 40.2 Å². The first-order chi connectivity index (χ1) is 18.5. The molecule has 0 saturated carbocycles. The fourth-order valence-corrected chi connectivity index (χ4v) is 5.75. The van der Waals surface area contributed by atoms with E-state index in [4.69, 9.17) is 17.0 Å². The fraction of sp³-hybridized carbons (Fsp3) is 0.115. The molecule has 2 aromatic carbocycles. The van der Waals surface area contributed by atoms with Gasteiger partial charge in [-0.05, 0) is 52.9 Å². The zero-order valence-corrected chi connectivity index (χ0v) is 22.5. The highest BCUT2D eigenvalue weighted by atomic mass is 32.2. The van der Waals surface area contributed by atoms with E-state index < -0.39 is 29.5 Å². The number of thiocarbonyl (C=S) groups is 1. The third kappa shape index (κ3) is 6.74. The van der Waals surface area contributed by atoms with Crippen LogP contribution in [0.15, 0.2) is 52.7 Å². The molecule has 0 atom stereocenters. The lowest BCUT2D eigenvalue weighted by atomic mass is 10.1. The summed E-state index contributed by atoms with van der Waals surface area (Å²) < 4.78 is 32.0. The molecule has 0 unspecified atom stereocenters. The molecular formula is C26H18F2N2O6S3. The van der Waals surface area contributed by atoms with Gasteiger partial charge in [0.05, 0.1) is 4.91 Å². The SMILES string of the molecule is CC(=O)Oc1cc(NC(=O)CCN2C(=O)C(=Cc3cc(-c4ccc(F)c(F)c4)cs3)SC2=S)ccc1C(=O)O. The highest BCUT2D eigenvalue weighted by Crippen LogP contribution is 2.35. The first-order valence-corrected chi connectivity index (χ1v) is 13.3. The summed E-state index contributed by atoms with van der Waals surface area (Å²) in [5, 5.41) is 13.6. The third-order valence-corrected chi connectivity index (χ3v) is 7.59. The molecule has 2 heterocycles. The van der Waals surface area contributed by atoms with Gasteiger partial charge >= 0.3 is 11.9 Å². The molecule has 1 aliphatic heterocycles. The second-order valence-corrected chi connectivity index (χ2v) is 10.7. The smallest absolute Gasteiger partial charge is 0.339 e. The molecule has 1 saturated heterocycles. The molecule has 8 nitrogen and oxygen atoms in total. The monoisotopic (exact) mass is 588 g/mol. The van der Waals surface area contributed by atoms with Crippen LogP contribution in [-0.2, 0) is 14.4 Å². The highest BCUT2D eigenvalue weighted by Gasteiger charge is 2.32. The number of carboxylic acids is 1. The van der Waals surface area contributed by atoms with Gasteiger partial charge in [0.1, 0.15) is 15.6 Å². The number of carbonyl (C=O) groups excluding carboxylic acids is 3. The molecule has 200 valence electrons. The molecule has 1 aromatic heterocycles. The number of thiophene rings is 1. The van der Waals surface area contributed by atoms with Crippen molar-refractivity contribution in [2.75, 3.05) is 11.9 Å². The molecule has 13 heteroatoms. The number of aromatic carboxylic acids is 1. The van der Waals surface area contributed by atoms with Crippen LogP contribution >= 0.6 is 35.3 Å². The van der Waals surface area contributed by atoms with Crippen molar-refractivity contribution < 1.29 is 37.8 Å². The topological polar surface area (TPSA) is 113 Å². The molecule has 39 heavy (non-hydrogen) atoms. The van der Waals surface area contributed by atoms with Gasteiger partial charge in [-0.25, -0.2) is 13.6 Å². The van der Waals surface area contributed by atoms with Crippen molar-refractivity contribution in [2.45, 2.75) is 13.3 Å². The highest BCUT2D eigenvalue weighted by molar-refractivity contribution is 8.26. The number of thioether (sulfide) groups is 1. The largest absolute Gasteiger partial charge is 0.478 e. The van der Waals surface area contributed by atoms with Gasteiger partial charge in [0, 0.05) is 36.5 Å². The van der Waals surface area contributed by atoms with Gasteiger partial charge in [0.15, 0.2) is 11.6 Å². The van der Waals surface area contributed by atoms with Crippen molar-refractivity contribution in [1.82, 2.24) is 4.90 Å². The van der Waals surface area contributed by atoms with Crippen molar-refractivity contribution in [1.29, 1.82) is 0 Å². The molecule has 3 aromatic rings. The van der Waals surface area contributed by atoms with Gasteiger partial charge in [-0.3, -0.25) is 19.3 Å². The summed E-state index contributed by atoms with van der Waals surface area (Å²) in [5.74, 6) is -4.96. The van der Waals surface area contributed by atoms with Crippen LogP contribution in [0.25, 0.3) is 17.2 Å². The Kier molecular flexibility index (Phi) is 8.53. The molecular weight excluding hydrogens is 570 g/mol. The van der Waals surface area contributed by atoms with Crippen molar-refractivity contribution in [3.8, 4) is 16.9 Å². The number of esters is 1. The Hall–Kier alpha value is -3.94. The molecule has 0 radical (unpaired) electrons. The summed E-state index contributed by atoms with van der Waals surface area (Å²) >= 11 is 7.72. The number of halogens is 2. The van der Waals surface area contributed by atoms with Gasteiger partial charge in [-0.1, -0.05) is 30.0 Å². The summed E-state index contributed by atoms with van der Waals surface area (Å²) in [6, 6.07) is 9.14. The van der Waals surface area contributed by atoms with Crippen molar-refractivity contribution in [3.05, 3.63) is 74.8 Å². The molecule has 2 N–H and O–H groups in total. The van der Waals surface area contributed by atoms with Gasteiger partial charge < -0.3 is 15.2 Å². The maximum Gasteiger partial charge on any atom is 0.339 e. The van der Waals surface area contributed by atoms with Crippen LogP contribution in [0.5, 0.6) is 5.75 Å². The standard InChI is InChI=1S/C26H18F2N2O6S3/c1-13(31)36-21-10-16(3-4-18(21)25(34)35)29-23(32)6-7-30-24(33)22(39-26(30)37)11-17-8-15(12-38-17)14-2-5-19(27)20(28)9-14/h2-5,8-12H,6-7H2,1H3,(H,29,32)(H,34,35). The maximum atomic E-state index is 13.6. The average Bonchev–Trinajstić information content (AvgIpc) is 3.43. The molecule has 0 bridgehead atoms. The number of ether oxygens (including phenoxy) is 1. The molecule has 0 spiro atoms. The number of nitrogens with one attached hydrogen (secondary N) is 1. The van der Waals surface area contributed by atoms with Crippen LogP contribution in [0.3, 0.4) is 0 Å². The van der Waals surface area contributed by atoms with Crippen LogP contribution < -0.4 is 10.1 Å². The van der Waals surface area contributed by atoms with Crippen molar-refractivity contribution in [2.24, 2.45) is 0 Å². The predicted octanol–water partition coefficient (Wildman–Crippen LogP) is 5.55. The Morgan fingerprint density at radius 2 is 1.87 bits per heavy atom. The number of anilines is 1. The molecule has 0 aliphatic carbocycles. The molecule has 2 amide bonds. The third-order valence-electron chi connectivity index (χ3n) is 5.33. The summed E-state index contributed by atoms with van der Waals surface area (Å²) in [7, 11) is 0. The lowest BCUT2D eigenvalue weighted by molar-refractivity contribution is -0.132. The summed E-state index contributed by atoms with van der Waals surface area (Å²) in [4.78, 5) is 50.4. The lowest BCUT2D eigenvalue weighted by Crippen LogP contribution is -2.31. The Morgan fingerprint density at radius 1 is 1.10 bits per heavy atom. The second-order valence-electron chi connectivity index (χ2n) is 8.11. The normalized spacial score (nSPS) is 14.1. The van der Waals surface area contributed by atoms with E-state index in [0.29, 0.717) is 20.9 Å². The second kappa shape index (κ2) is 11.8. The minimum absolute atomic E-state index is 0.00238. The number of hydrogen-bond acceptors (Lipinski definition) is 8. The van der Waals surface area contributed by atoms with Crippen LogP contribution in [0, 0.1) is 11.6 Å². The first-order valence-electron chi connectivity index (χ1n) is 11.2. The van der Waals surface area contributed by atoms with E-state index in [1.165, 1.54) is 40.5 Å². The Labute approximate surface area is 234 Å². The van der Waals surface area contributed by atoms with E-state index in [0.717, 1.165) is 30.8 Å². The average molecular weight is 589 g/mol. The van der Waals surface area contributed by atoms with E-state index in [1.807, 2.05) is 0 Å². The van der Waals surface area contributed by atoms with Gasteiger partial charge in [0.25, 0.3) is 5.91 Å². The Bertz CT molecular complexity index is 1550. The van der Waals surface area contributed by atoms with Crippen LogP contribution in [-0.4, -0.2) is 44.6 Å². The molecule has 1 aliphatic rings. The Balaban J connectivity index is 1.39. The first kappa shape index (κ1) is 28.1. The predicted molar refractivity (Wildman–Crippen MR) is 148 cm³/mol. The van der Waals surface area contributed by atoms with Gasteiger partial charge in [-0.15, -0.1) is 11.3 Å². The van der Waals surface area contributed by atoms with E-state index in [2.05, 4.69) is 5.32 Å². The molecule has 4 rings (SSSR count). The van der Waals surface area contributed by atoms with Crippen LogP contribution in [0.4, 0.5) is 14.5 Å². The van der Waals surface area contributed by atoms with E-state index in [9.17, 15) is 33.1 Å². The minimum Gasteiger partial charge on any atom is -0.478 e. The zero-order chi connectivity index (χ0) is 28.3. The summed E-state index contributed by atoms with van der Waals surface area (Å²) in [5.41, 5.74) is 1.14. The quantitative estimate of drug-likeness (QED) is 0.153. The fourth-order valence-electron chi connectivity index (χ4n) is 3.53. The van der Waals surface area contributed by atoms with Crippen LogP contribution in [0.2, 0.25) is 0 Å². The zero-order valence-electron chi connectivity index (χ0n) is 20.0. The van der Waals surface area contributed by atoms with E-state index in [1.54, 1.807) is 17.5 Å². The number of carboxylic acid groups (broad SMARTS) is 1. The summed E-state index contributed by atoms with van der Waals surface area (Å²) in [6.45, 7) is 1.12. The number of benzene rings is 2. The number of hydrogen-bond donors (Lipinski definition) is 2. The number of carbonyl (C=O) groups is 4. The van der Waals surface area contributed by atoms with Gasteiger partial charge in [-0.2, -0.15) is 0 Å². The van der Waals surface area contributed by atoms with Crippen LogP contribution in [0.1, 0.15) is 28.6 Å². The number of amides is 2. The molecule has 1 fully saturated rings. The summed E-state index contributed by atoms with van der Waals surface area (Å²) in [6.07, 6.45) is 1.54. The van der Waals surface area contributed by atoms with Crippen molar-refractivity contribution >= 4 is 75.2 Å². The van der Waals surface area contributed by atoms with E-state index >= 15 is 0 Å². The lowest BCUT2D eigenvalue weighted by Gasteiger charge is -2.14. The van der Waals surface area contributed by atoms with Gasteiger partial charge in [0.2, 0.25) is 5.91 Å². The number of nitrogens with zero attached hydrogens (tertiary/aromatic N) is 1. The maximum absolute atomic E-state index is 13.6. The van der Waals surface area contributed by atoms with Crippen molar-refractivity contribution in [3.63, 3.8) is 0 Å².